The average Bonchev–Trinajstić information content (AvgIpc) is 3.19. The third-order valence-corrected chi connectivity index (χ3v) is 4.58. The van der Waals surface area contributed by atoms with Crippen molar-refractivity contribution in [3.8, 4) is 39.8 Å². The maximum atomic E-state index is 13.1. The summed E-state index contributed by atoms with van der Waals surface area (Å²) in [5.41, 5.74) is 2.58. The van der Waals surface area contributed by atoms with Gasteiger partial charge >= 0.3 is 0 Å². The Morgan fingerprint density at radius 2 is 1.27 bits per heavy atom. The molecule has 0 saturated heterocycles. The standard InChI is InChI=1S/C23H18N2O5/c26-17-7-1-14(2-8-17)13-24-23(29)20-21(15-3-9-18(27)10-4-15)25-30-22(20)16-5-11-19(28)12-6-16/h1-12,26-28H,13H2,(H,24,29). The molecule has 0 spiro atoms. The molecule has 4 rings (SSSR count). The van der Waals surface area contributed by atoms with Crippen LogP contribution in [0.2, 0.25) is 0 Å². The molecule has 4 N–H and O–H groups in total. The van der Waals surface area contributed by atoms with Gasteiger partial charge in [-0.2, -0.15) is 0 Å². The van der Waals surface area contributed by atoms with Gasteiger partial charge in [0, 0.05) is 17.7 Å². The molecular weight excluding hydrogens is 384 g/mol. The lowest BCUT2D eigenvalue weighted by Crippen LogP contribution is -2.23. The van der Waals surface area contributed by atoms with Crippen molar-refractivity contribution in [1.29, 1.82) is 0 Å². The molecule has 30 heavy (non-hydrogen) atoms. The first kappa shape index (κ1) is 19.1. The summed E-state index contributed by atoms with van der Waals surface area (Å²) in [6.07, 6.45) is 0. The van der Waals surface area contributed by atoms with E-state index in [2.05, 4.69) is 10.5 Å². The third-order valence-electron chi connectivity index (χ3n) is 4.58. The average molecular weight is 402 g/mol. The van der Waals surface area contributed by atoms with E-state index >= 15 is 0 Å². The van der Waals surface area contributed by atoms with Crippen LogP contribution in [0.3, 0.4) is 0 Å². The number of hydrogen-bond acceptors (Lipinski definition) is 6. The smallest absolute Gasteiger partial charge is 0.257 e. The van der Waals surface area contributed by atoms with Crippen LogP contribution in [-0.4, -0.2) is 26.4 Å². The predicted octanol–water partition coefficient (Wildman–Crippen LogP) is 4.06. The molecule has 1 amide bonds. The number of carbonyl (C=O) groups excluding carboxylic acids is 1. The van der Waals surface area contributed by atoms with Gasteiger partial charge < -0.3 is 25.2 Å². The number of benzene rings is 3. The monoisotopic (exact) mass is 402 g/mol. The van der Waals surface area contributed by atoms with Crippen LogP contribution < -0.4 is 5.32 Å². The largest absolute Gasteiger partial charge is 0.508 e. The molecule has 0 fully saturated rings. The summed E-state index contributed by atoms with van der Waals surface area (Å²) >= 11 is 0. The number of phenols is 3. The molecule has 0 saturated carbocycles. The van der Waals surface area contributed by atoms with E-state index in [1.54, 1.807) is 48.5 Å². The third kappa shape index (κ3) is 3.95. The van der Waals surface area contributed by atoms with E-state index in [0.29, 0.717) is 16.8 Å². The Morgan fingerprint density at radius 1 is 0.767 bits per heavy atom. The second-order valence-corrected chi connectivity index (χ2v) is 6.68. The highest BCUT2D eigenvalue weighted by Crippen LogP contribution is 2.33. The van der Waals surface area contributed by atoms with E-state index < -0.39 is 5.91 Å². The number of aromatic hydroxyl groups is 3. The summed E-state index contributed by atoms with van der Waals surface area (Å²) in [5, 5.41) is 35.4. The molecule has 0 bridgehead atoms. The maximum Gasteiger partial charge on any atom is 0.257 e. The number of aromatic nitrogens is 1. The van der Waals surface area contributed by atoms with Crippen molar-refractivity contribution in [1.82, 2.24) is 10.5 Å². The highest BCUT2D eigenvalue weighted by molar-refractivity contribution is 6.04. The Kier molecular flexibility index (Phi) is 5.09. The van der Waals surface area contributed by atoms with Gasteiger partial charge in [0.2, 0.25) is 0 Å². The van der Waals surface area contributed by atoms with Crippen LogP contribution in [0.25, 0.3) is 22.6 Å². The number of carbonyl (C=O) groups is 1. The molecule has 4 aromatic rings. The minimum Gasteiger partial charge on any atom is -0.508 e. The Hall–Kier alpha value is -4.26. The highest BCUT2D eigenvalue weighted by Gasteiger charge is 2.25. The van der Waals surface area contributed by atoms with Crippen LogP contribution in [0.4, 0.5) is 0 Å². The fourth-order valence-electron chi connectivity index (χ4n) is 3.01. The van der Waals surface area contributed by atoms with Crippen molar-refractivity contribution in [2.45, 2.75) is 6.54 Å². The molecule has 1 heterocycles. The number of nitrogens with zero attached hydrogens (tertiary/aromatic N) is 1. The van der Waals surface area contributed by atoms with Gasteiger partial charge in [0.15, 0.2) is 5.76 Å². The van der Waals surface area contributed by atoms with E-state index in [9.17, 15) is 20.1 Å². The topological polar surface area (TPSA) is 116 Å². The quantitative estimate of drug-likeness (QED) is 0.400. The van der Waals surface area contributed by atoms with Crippen LogP contribution in [0.1, 0.15) is 15.9 Å². The fourth-order valence-corrected chi connectivity index (χ4v) is 3.01. The van der Waals surface area contributed by atoms with Crippen molar-refractivity contribution in [3.05, 3.63) is 83.9 Å². The van der Waals surface area contributed by atoms with Crippen molar-refractivity contribution in [2.24, 2.45) is 0 Å². The fraction of sp³-hybridized carbons (Fsp3) is 0.0435. The van der Waals surface area contributed by atoms with Crippen LogP contribution in [0, 0.1) is 0 Å². The molecule has 0 aliphatic heterocycles. The van der Waals surface area contributed by atoms with Crippen LogP contribution in [0.5, 0.6) is 17.2 Å². The van der Waals surface area contributed by atoms with Crippen LogP contribution in [-0.2, 0) is 6.54 Å². The second-order valence-electron chi connectivity index (χ2n) is 6.68. The summed E-state index contributed by atoms with van der Waals surface area (Å²) in [6, 6.07) is 19.1. The predicted molar refractivity (Wildman–Crippen MR) is 110 cm³/mol. The molecule has 7 heteroatoms. The second kappa shape index (κ2) is 8.00. The number of nitrogens with one attached hydrogen (secondary N) is 1. The van der Waals surface area contributed by atoms with Crippen molar-refractivity contribution < 1.29 is 24.6 Å². The zero-order chi connectivity index (χ0) is 21.1. The van der Waals surface area contributed by atoms with Gasteiger partial charge in [-0.3, -0.25) is 4.79 Å². The molecule has 7 nitrogen and oxygen atoms in total. The first-order valence-electron chi connectivity index (χ1n) is 9.16. The maximum absolute atomic E-state index is 13.1. The van der Waals surface area contributed by atoms with Crippen molar-refractivity contribution in [3.63, 3.8) is 0 Å². The molecule has 3 aromatic carbocycles. The first-order valence-corrected chi connectivity index (χ1v) is 9.16. The number of hydrogen-bond donors (Lipinski definition) is 4. The summed E-state index contributed by atoms with van der Waals surface area (Å²) in [4.78, 5) is 13.1. The highest BCUT2D eigenvalue weighted by atomic mass is 16.5. The molecule has 0 radical (unpaired) electrons. The van der Waals surface area contributed by atoms with Gasteiger partial charge in [0.1, 0.15) is 28.5 Å². The normalized spacial score (nSPS) is 10.7. The Morgan fingerprint density at radius 3 is 1.83 bits per heavy atom. The zero-order valence-corrected chi connectivity index (χ0v) is 15.7. The van der Waals surface area contributed by atoms with Crippen LogP contribution >= 0.6 is 0 Å². The molecule has 150 valence electrons. The van der Waals surface area contributed by atoms with E-state index in [4.69, 9.17) is 4.52 Å². The van der Waals surface area contributed by atoms with E-state index in [0.717, 1.165) is 5.56 Å². The summed E-state index contributed by atoms with van der Waals surface area (Å²) in [6.45, 7) is 0.244. The first-order chi connectivity index (χ1) is 14.5. The lowest BCUT2D eigenvalue weighted by atomic mass is 10.0. The zero-order valence-electron chi connectivity index (χ0n) is 15.7. The van der Waals surface area contributed by atoms with E-state index in [-0.39, 0.29) is 35.1 Å². The van der Waals surface area contributed by atoms with Gasteiger partial charge in [-0.05, 0) is 66.2 Å². The van der Waals surface area contributed by atoms with Gasteiger partial charge in [-0.15, -0.1) is 0 Å². The van der Waals surface area contributed by atoms with Gasteiger partial charge in [0.05, 0.1) is 0 Å². The minimum absolute atomic E-state index is 0.0929. The van der Waals surface area contributed by atoms with E-state index in [1.807, 2.05) is 0 Å². The van der Waals surface area contributed by atoms with Gasteiger partial charge in [0.25, 0.3) is 5.91 Å². The Balaban J connectivity index is 1.71. The molecule has 1 aromatic heterocycles. The van der Waals surface area contributed by atoms with Crippen molar-refractivity contribution in [2.75, 3.05) is 0 Å². The Labute approximate surface area is 171 Å². The molecule has 0 atom stereocenters. The number of amides is 1. The van der Waals surface area contributed by atoms with Crippen molar-refractivity contribution >= 4 is 5.91 Å². The van der Waals surface area contributed by atoms with E-state index in [1.165, 1.54) is 24.3 Å². The summed E-state index contributed by atoms with van der Waals surface area (Å²) in [7, 11) is 0. The lowest BCUT2D eigenvalue weighted by Gasteiger charge is -2.08. The minimum atomic E-state index is -0.393. The molecule has 0 aliphatic rings. The Bertz CT molecular complexity index is 1100. The summed E-state index contributed by atoms with van der Waals surface area (Å²) in [5.74, 6) is 0.208. The number of rotatable bonds is 5. The molecule has 0 unspecified atom stereocenters. The summed E-state index contributed by atoms with van der Waals surface area (Å²) < 4.78 is 5.51. The molecular formula is C23H18N2O5. The molecule has 0 aliphatic carbocycles. The van der Waals surface area contributed by atoms with Gasteiger partial charge in [-0.25, -0.2) is 0 Å². The lowest BCUT2D eigenvalue weighted by molar-refractivity contribution is 0.0951. The van der Waals surface area contributed by atoms with Crippen LogP contribution in [0.15, 0.2) is 77.3 Å². The SMILES string of the molecule is O=C(NCc1ccc(O)cc1)c1c(-c2ccc(O)cc2)noc1-c1ccc(O)cc1. The number of phenolic OH excluding ortho intramolecular Hbond substituents is 3. The van der Waals surface area contributed by atoms with Gasteiger partial charge in [-0.1, -0.05) is 17.3 Å².